The monoisotopic (exact) mass is 270 g/mol. The maximum Gasteiger partial charge on any atom is 0.0724 e. The van der Waals surface area contributed by atoms with Gasteiger partial charge in [0.15, 0.2) is 0 Å². The lowest BCUT2D eigenvalue weighted by molar-refractivity contribution is 0.347. The zero-order valence-electron chi connectivity index (χ0n) is 12.0. The van der Waals surface area contributed by atoms with Gasteiger partial charge < -0.3 is 15.5 Å². The summed E-state index contributed by atoms with van der Waals surface area (Å²) in [5.41, 5.74) is 9.20. The van der Waals surface area contributed by atoms with Crippen LogP contribution in [0.5, 0.6) is 0 Å². The first-order chi connectivity index (χ1) is 9.75. The highest BCUT2D eigenvalue weighted by Gasteiger charge is 2.13. The van der Waals surface area contributed by atoms with Crippen LogP contribution in [0.2, 0.25) is 0 Å². The fourth-order valence-electron chi connectivity index (χ4n) is 2.91. The Bertz CT molecular complexity index is 590. The summed E-state index contributed by atoms with van der Waals surface area (Å²) < 4.78 is 0. The van der Waals surface area contributed by atoms with Crippen LogP contribution in [0.1, 0.15) is 12.8 Å². The molecule has 2 aromatic rings. The summed E-state index contributed by atoms with van der Waals surface area (Å²) in [5.74, 6) is 0. The first-order valence-electron chi connectivity index (χ1n) is 7.32. The normalized spacial score (nSPS) is 15.8. The first-order valence-corrected chi connectivity index (χ1v) is 7.32. The van der Waals surface area contributed by atoms with Gasteiger partial charge in [0.25, 0.3) is 0 Å². The minimum Gasteiger partial charge on any atom is -0.396 e. The second-order valence-electron chi connectivity index (χ2n) is 5.54. The molecule has 0 amide bonds. The van der Waals surface area contributed by atoms with Crippen LogP contribution in [0.25, 0.3) is 10.9 Å². The number of rotatable bonds is 4. The van der Waals surface area contributed by atoms with E-state index in [-0.39, 0.29) is 0 Å². The number of nitrogens with zero attached hydrogens (tertiary/aromatic N) is 3. The molecule has 0 aliphatic carbocycles. The molecule has 0 atom stereocenters. The highest BCUT2D eigenvalue weighted by molar-refractivity contribution is 5.97. The number of pyridine rings is 1. The molecule has 0 bridgehead atoms. The lowest BCUT2D eigenvalue weighted by Crippen LogP contribution is -2.31. The van der Waals surface area contributed by atoms with Gasteiger partial charge in [-0.2, -0.15) is 0 Å². The predicted octanol–water partition coefficient (Wildman–Crippen LogP) is 2.35. The number of hydrogen-bond acceptors (Lipinski definition) is 4. The van der Waals surface area contributed by atoms with Crippen LogP contribution in [-0.4, -0.2) is 43.1 Å². The molecule has 106 valence electrons. The summed E-state index contributed by atoms with van der Waals surface area (Å²) in [7, 11) is 2.12. The number of likely N-dealkylation sites (tertiary alicyclic amines) is 1. The molecular formula is C16H22N4. The Morgan fingerprint density at radius 3 is 2.85 bits per heavy atom. The molecule has 0 saturated carbocycles. The Balaban J connectivity index is 1.76. The topological polar surface area (TPSA) is 45.4 Å². The van der Waals surface area contributed by atoms with Gasteiger partial charge in [-0.25, -0.2) is 0 Å². The van der Waals surface area contributed by atoms with E-state index >= 15 is 0 Å². The predicted molar refractivity (Wildman–Crippen MR) is 85.1 cm³/mol. The summed E-state index contributed by atoms with van der Waals surface area (Å²) in [6, 6.07) is 8.10. The van der Waals surface area contributed by atoms with Crippen molar-refractivity contribution < 1.29 is 0 Å². The molecule has 0 radical (unpaired) electrons. The Morgan fingerprint density at radius 2 is 2.05 bits per heavy atom. The average molecular weight is 270 g/mol. The number of nitrogens with two attached hydrogens (primary N) is 1. The highest BCUT2D eigenvalue weighted by atomic mass is 15.2. The second kappa shape index (κ2) is 5.67. The molecule has 20 heavy (non-hydrogen) atoms. The van der Waals surface area contributed by atoms with Crippen molar-refractivity contribution >= 4 is 22.3 Å². The van der Waals surface area contributed by atoms with E-state index in [2.05, 4.69) is 27.9 Å². The van der Waals surface area contributed by atoms with Crippen LogP contribution in [0.3, 0.4) is 0 Å². The van der Waals surface area contributed by atoms with Gasteiger partial charge in [-0.3, -0.25) is 4.98 Å². The number of aromatic nitrogens is 1. The summed E-state index contributed by atoms with van der Waals surface area (Å²) in [6.45, 7) is 4.60. The minimum atomic E-state index is 0.833. The number of anilines is 2. The molecule has 4 heteroatoms. The van der Waals surface area contributed by atoms with Crippen LogP contribution in [-0.2, 0) is 0 Å². The molecule has 2 heterocycles. The molecular weight excluding hydrogens is 248 g/mol. The van der Waals surface area contributed by atoms with Crippen LogP contribution >= 0.6 is 0 Å². The van der Waals surface area contributed by atoms with E-state index in [1.54, 1.807) is 6.20 Å². The lowest BCUT2D eigenvalue weighted by Gasteiger charge is -2.24. The van der Waals surface area contributed by atoms with E-state index in [4.69, 9.17) is 5.73 Å². The van der Waals surface area contributed by atoms with E-state index < -0.39 is 0 Å². The van der Waals surface area contributed by atoms with E-state index in [1.807, 2.05) is 18.2 Å². The minimum absolute atomic E-state index is 0.833. The molecule has 1 saturated heterocycles. The third-order valence-electron chi connectivity index (χ3n) is 4.17. The van der Waals surface area contributed by atoms with Crippen molar-refractivity contribution in [3.05, 3.63) is 30.5 Å². The Hall–Kier alpha value is -1.81. The van der Waals surface area contributed by atoms with E-state index in [9.17, 15) is 0 Å². The Morgan fingerprint density at radius 1 is 1.25 bits per heavy atom. The number of benzene rings is 1. The molecule has 4 nitrogen and oxygen atoms in total. The van der Waals surface area contributed by atoms with Gasteiger partial charge in [0, 0.05) is 31.7 Å². The zero-order chi connectivity index (χ0) is 13.9. The van der Waals surface area contributed by atoms with E-state index in [0.717, 1.165) is 35.4 Å². The van der Waals surface area contributed by atoms with Crippen molar-refractivity contribution in [3.63, 3.8) is 0 Å². The smallest absolute Gasteiger partial charge is 0.0724 e. The molecule has 1 aromatic carbocycles. The highest BCUT2D eigenvalue weighted by Crippen LogP contribution is 2.29. The number of hydrogen-bond donors (Lipinski definition) is 1. The zero-order valence-corrected chi connectivity index (χ0v) is 12.0. The molecule has 0 unspecified atom stereocenters. The summed E-state index contributed by atoms with van der Waals surface area (Å²) in [5, 5.41) is 1.04. The maximum atomic E-state index is 6.31. The summed E-state index contributed by atoms with van der Waals surface area (Å²) in [6.07, 6.45) is 4.49. The molecule has 1 aliphatic heterocycles. The fourth-order valence-corrected chi connectivity index (χ4v) is 2.91. The molecule has 1 fully saturated rings. The average Bonchev–Trinajstić information content (AvgIpc) is 2.99. The van der Waals surface area contributed by atoms with E-state index in [0.29, 0.717) is 0 Å². The van der Waals surface area contributed by atoms with Gasteiger partial charge in [0.2, 0.25) is 0 Å². The van der Waals surface area contributed by atoms with Gasteiger partial charge in [-0.05, 0) is 50.2 Å². The molecule has 1 aromatic heterocycles. The van der Waals surface area contributed by atoms with Crippen LogP contribution in [0, 0.1) is 0 Å². The van der Waals surface area contributed by atoms with Crippen molar-refractivity contribution in [1.82, 2.24) is 9.88 Å². The lowest BCUT2D eigenvalue weighted by atomic mass is 10.1. The van der Waals surface area contributed by atoms with Crippen molar-refractivity contribution in [2.45, 2.75) is 12.8 Å². The quantitative estimate of drug-likeness (QED) is 0.866. The van der Waals surface area contributed by atoms with Crippen molar-refractivity contribution in [1.29, 1.82) is 0 Å². The molecule has 3 rings (SSSR count). The van der Waals surface area contributed by atoms with Crippen LogP contribution in [0.4, 0.5) is 11.4 Å². The SMILES string of the molecule is CN(CCN1CCCC1)c1ccc2ncccc2c1N. The third kappa shape index (κ3) is 2.56. The summed E-state index contributed by atoms with van der Waals surface area (Å²) in [4.78, 5) is 9.12. The second-order valence-corrected chi connectivity index (χ2v) is 5.54. The largest absolute Gasteiger partial charge is 0.396 e. The van der Waals surface area contributed by atoms with E-state index in [1.165, 1.54) is 25.9 Å². The Labute approximate surface area is 120 Å². The maximum absolute atomic E-state index is 6.31. The van der Waals surface area contributed by atoms with Gasteiger partial charge in [-0.15, -0.1) is 0 Å². The molecule has 1 aliphatic rings. The number of nitrogen functional groups attached to an aromatic ring is 1. The Kier molecular flexibility index (Phi) is 3.74. The fraction of sp³-hybridized carbons (Fsp3) is 0.438. The summed E-state index contributed by atoms with van der Waals surface area (Å²) >= 11 is 0. The van der Waals surface area contributed by atoms with Crippen molar-refractivity contribution in [2.24, 2.45) is 0 Å². The van der Waals surface area contributed by atoms with Gasteiger partial charge >= 0.3 is 0 Å². The first kappa shape index (κ1) is 13.2. The number of likely N-dealkylation sites (N-methyl/N-ethyl adjacent to an activating group) is 1. The van der Waals surface area contributed by atoms with Crippen molar-refractivity contribution in [2.75, 3.05) is 43.9 Å². The van der Waals surface area contributed by atoms with Gasteiger partial charge in [0.05, 0.1) is 16.9 Å². The number of fused-ring (bicyclic) bond motifs is 1. The standard InChI is InChI=1S/C16H22N4/c1-19(11-12-20-9-2-3-10-20)15-7-6-14-13(16(15)17)5-4-8-18-14/h4-8H,2-3,9-12,17H2,1H3. The molecule has 0 spiro atoms. The third-order valence-corrected chi connectivity index (χ3v) is 4.17. The van der Waals surface area contributed by atoms with Crippen LogP contribution < -0.4 is 10.6 Å². The van der Waals surface area contributed by atoms with Crippen molar-refractivity contribution in [3.8, 4) is 0 Å². The molecule has 2 N–H and O–H groups in total. The van der Waals surface area contributed by atoms with Gasteiger partial charge in [0.1, 0.15) is 0 Å². The van der Waals surface area contributed by atoms with Gasteiger partial charge in [-0.1, -0.05) is 0 Å². The van der Waals surface area contributed by atoms with Crippen LogP contribution in [0.15, 0.2) is 30.5 Å².